The molecule has 1 heterocycles. The standard InChI is InChI=1S/C21H30N8O5/c22-13(9-17(23)30)18(31)29-16(8-11-10-27-14-5-2-1-4-12(11)14)19(32)28-15(20(33)34)6-3-7-26-21(24)25/h1-2,4-5,10,13,15-16,27H,3,6-9,22H2,(H2,23,30)(H,28,32)(H,29,31)(H,33,34)(H4,24,25,26)/t13-,15-,16-/m0/s1. The molecule has 2 rings (SSSR count). The monoisotopic (exact) mass is 474 g/mol. The first-order chi connectivity index (χ1) is 16.1. The van der Waals surface area contributed by atoms with E-state index in [9.17, 15) is 24.3 Å². The molecule has 0 unspecified atom stereocenters. The van der Waals surface area contributed by atoms with E-state index in [-0.39, 0.29) is 25.3 Å². The molecule has 0 bridgehead atoms. The van der Waals surface area contributed by atoms with E-state index in [1.807, 2.05) is 24.3 Å². The van der Waals surface area contributed by atoms with Gasteiger partial charge in [-0.2, -0.15) is 0 Å². The Bertz CT molecular complexity index is 1060. The maximum Gasteiger partial charge on any atom is 0.326 e. The minimum atomic E-state index is -1.26. The summed E-state index contributed by atoms with van der Waals surface area (Å²) in [5.41, 5.74) is 22.9. The summed E-state index contributed by atoms with van der Waals surface area (Å²) in [6.07, 6.45) is 1.70. The van der Waals surface area contributed by atoms with Gasteiger partial charge in [-0.1, -0.05) is 18.2 Å². The number of hydrogen-bond acceptors (Lipinski definition) is 6. The zero-order valence-corrected chi connectivity index (χ0v) is 18.5. The lowest BCUT2D eigenvalue weighted by molar-refractivity contribution is -0.142. The molecule has 184 valence electrons. The van der Waals surface area contributed by atoms with E-state index < -0.39 is 48.2 Å². The number of aliphatic imine (C=N–C) groups is 1. The van der Waals surface area contributed by atoms with Gasteiger partial charge in [0, 0.05) is 30.1 Å². The number of guanidine groups is 1. The number of aromatic amines is 1. The number of nitrogens with one attached hydrogen (secondary N) is 3. The molecular formula is C21H30N8O5. The van der Waals surface area contributed by atoms with Crippen LogP contribution >= 0.6 is 0 Å². The van der Waals surface area contributed by atoms with E-state index in [2.05, 4.69) is 20.6 Å². The Morgan fingerprint density at radius 3 is 2.35 bits per heavy atom. The number of para-hydroxylation sites is 1. The SMILES string of the molecule is NC(=O)C[C@H](N)C(=O)N[C@@H](Cc1c[nH]c2ccccc12)C(=O)N[C@@H](CCCN=C(N)N)C(=O)O. The van der Waals surface area contributed by atoms with Crippen LogP contribution < -0.4 is 33.6 Å². The number of carbonyl (C=O) groups is 4. The molecule has 0 aliphatic carbocycles. The fourth-order valence-electron chi connectivity index (χ4n) is 3.35. The number of rotatable bonds is 13. The van der Waals surface area contributed by atoms with Crippen molar-refractivity contribution in [2.75, 3.05) is 6.54 Å². The van der Waals surface area contributed by atoms with Crippen molar-refractivity contribution in [3.63, 3.8) is 0 Å². The average molecular weight is 475 g/mol. The van der Waals surface area contributed by atoms with Gasteiger partial charge >= 0.3 is 5.97 Å². The molecule has 12 N–H and O–H groups in total. The van der Waals surface area contributed by atoms with Gasteiger partial charge in [-0.15, -0.1) is 0 Å². The van der Waals surface area contributed by atoms with Crippen LogP contribution in [0.1, 0.15) is 24.8 Å². The lowest BCUT2D eigenvalue weighted by Crippen LogP contribution is -2.55. The lowest BCUT2D eigenvalue weighted by atomic mass is 10.0. The predicted molar refractivity (Wildman–Crippen MR) is 125 cm³/mol. The molecule has 0 aliphatic rings. The Labute approximate surface area is 195 Å². The van der Waals surface area contributed by atoms with Crippen LogP contribution in [0.3, 0.4) is 0 Å². The number of carboxylic acid groups (broad SMARTS) is 1. The number of H-pyrrole nitrogens is 1. The summed E-state index contributed by atoms with van der Waals surface area (Å²) in [5, 5.41) is 15.3. The number of carboxylic acids is 1. The number of primary amides is 1. The molecule has 0 saturated carbocycles. The highest BCUT2D eigenvalue weighted by atomic mass is 16.4. The minimum absolute atomic E-state index is 0.0468. The Morgan fingerprint density at radius 2 is 1.71 bits per heavy atom. The van der Waals surface area contributed by atoms with E-state index in [1.54, 1.807) is 6.20 Å². The maximum atomic E-state index is 13.0. The molecule has 13 heteroatoms. The highest BCUT2D eigenvalue weighted by Gasteiger charge is 2.29. The summed E-state index contributed by atoms with van der Waals surface area (Å²) in [6, 6.07) is 3.72. The first-order valence-electron chi connectivity index (χ1n) is 10.6. The van der Waals surface area contributed by atoms with Crippen LogP contribution in [0.15, 0.2) is 35.5 Å². The van der Waals surface area contributed by atoms with Gasteiger partial charge < -0.3 is 43.7 Å². The number of carbonyl (C=O) groups excluding carboxylic acids is 3. The third-order valence-electron chi connectivity index (χ3n) is 5.05. The second-order valence-corrected chi connectivity index (χ2v) is 7.75. The summed E-state index contributed by atoms with van der Waals surface area (Å²) in [5.74, 6) is -3.63. The van der Waals surface area contributed by atoms with Crippen molar-refractivity contribution in [3.05, 3.63) is 36.0 Å². The van der Waals surface area contributed by atoms with Crippen molar-refractivity contribution >= 4 is 40.6 Å². The van der Waals surface area contributed by atoms with Crippen molar-refractivity contribution in [2.24, 2.45) is 27.9 Å². The van der Waals surface area contributed by atoms with Gasteiger partial charge in [0.1, 0.15) is 12.1 Å². The summed E-state index contributed by atoms with van der Waals surface area (Å²) >= 11 is 0. The molecule has 0 spiro atoms. The Kier molecular flexibility index (Phi) is 9.38. The molecular weight excluding hydrogens is 444 g/mol. The van der Waals surface area contributed by atoms with E-state index in [0.717, 1.165) is 16.5 Å². The predicted octanol–water partition coefficient (Wildman–Crippen LogP) is -1.98. The van der Waals surface area contributed by atoms with Gasteiger partial charge in [-0.25, -0.2) is 4.79 Å². The van der Waals surface area contributed by atoms with Crippen molar-refractivity contribution in [1.29, 1.82) is 0 Å². The number of aliphatic carboxylic acids is 1. The van der Waals surface area contributed by atoms with Gasteiger partial charge in [-0.05, 0) is 24.5 Å². The molecule has 13 nitrogen and oxygen atoms in total. The number of aromatic nitrogens is 1. The Morgan fingerprint density at radius 1 is 1.03 bits per heavy atom. The van der Waals surface area contributed by atoms with Gasteiger partial charge in [0.05, 0.1) is 12.5 Å². The molecule has 0 radical (unpaired) electrons. The van der Waals surface area contributed by atoms with Crippen LogP contribution in [0, 0.1) is 0 Å². The van der Waals surface area contributed by atoms with Crippen LogP contribution in [-0.2, 0) is 25.6 Å². The third kappa shape index (κ3) is 7.78. The van der Waals surface area contributed by atoms with Crippen LogP contribution in [0.25, 0.3) is 10.9 Å². The van der Waals surface area contributed by atoms with Crippen LogP contribution in [0.4, 0.5) is 0 Å². The number of nitrogens with two attached hydrogens (primary N) is 4. The average Bonchev–Trinajstić information content (AvgIpc) is 3.17. The van der Waals surface area contributed by atoms with Crippen molar-refractivity contribution in [1.82, 2.24) is 15.6 Å². The topological polar surface area (TPSA) is 245 Å². The molecule has 1 aromatic carbocycles. The maximum absolute atomic E-state index is 13.0. The van der Waals surface area contributed by atoms with Crippen LogP contribution in [0.5, 0.6) is 0 Å². The molecule has 3 amide bonds. The number of benzene rings is 1. The van der Waals surface area contributed by atoms with Crippen molar-refractivity contribution < 1.29 is 24.3 Å². The molecule has 2 aromatic rings. The van der Waals surface area contributed by atoms with Gasteiger partial charge in [0.15, 0.2) is 5.96 Å². The second kappa shape index (κ2) is 12.2. The summed E-state index contributed by atoms with van der Waals surface area (Å²) < 4.78 is 0. The van der Waals surface area contributed by atoms with Gasteiger partial charge in [0.2, 0.25) is 17.7 Å². The normalized spacial score (nSPS) is 13.4. The number of fused-ring (bicyclic) bond motifs is 1. The van der Waals surface area contributed by atoms with E-state index in [4.69, 9.17) is 22.9 Å². The largest absolute Gasteiger partial charge is 0.480 e. The molecule has 1 aromatic heterocycles. The minimum Gasteiger partial charge on any atom is -0.480 e. The zero-order valence-electron chi connectivity index (χ0n) is 18.5. The molecule has 0 fully saturated rings. The van der Waals surface area contributed by atoms with Crippen LogP contribution in [-0.4, -0.2) is 64.4 Å². The smallest absolute Gasteiger partial charge is 0.326 e. The van der Waals surface area contributed by atoms with Crippen molar-refractivity contribution in [2.45, 2.75) is 43.8 Å². The first-order valence-corrected chi connectivity index (χ1v) is 10.6. The fourth-order valence-corrected chi connectivity index (χ4v) is 3.35. The molecule has 3 atom stereocenters. The second-order valence-electron chi connectivity index (χ2n) is 7.75. The molecule has 34 heavy (non-hydrogen) atoms. The number of hydrogen-bond donors (Lipinski definition) is 8. The lowest BCUT2D eigenvalue weighted by Gasteiger charge is -2.22. The summed E-state index contributed by atoms with van der Waals surface area (Å²) in [6.45, 7) is 0.194. The van der Waals surface area contributed by atoms with Gasteiger partial charge in [0.25, 0.3) is 0 Å². The number of amides is 3. The van der Waals surface area contributed by atoms with E-state index >= 15 is 0 Å². The van der Waals surface area contributed by atoms with Gasteiger partial charge in [-0.3, -0.25) is 19.4 Å². The molecule has 0 saturated heterocycles. The third-order valence-corrected chi connectivity index (χ3v) is 5.05. The summed E-state index contributed by atoms with van der Waals surface area (Å²) in [7, 11) is 0. The Balaban J connectivity index is 2.19. The van der Waals surface area contributed by atoms with E-state index in [1.165, 1.54) is 0 Å². The first kappa shape index (κ1) is 26.1. The highest BCUT2D eigenvalue weighted by molar-refractivity contribution is 5.94. The number of nitrogens with zero attached hydrogens (tertiary/aromatic N) is 1. The molecule has 0 aliphatic heterocycles. The highest BCUT2D eigenvalue weighted by Crippen LogP contribution is 2.19. The summed E-state index contributed by atoms with van der Waals surface area (Å²) in [4.78, 5) is 55.2. The van der Waals surface area contributed by atoms with Crippen LogP contribution in [0.2, 0.25) is 0 Å². The van der Waals surface area contributed by atoms with Crippen molar-refractivity contribution in [3.8, 4) is 0 Å². The quantitative estimate of drug-likeness (QED) is 0.0915. The fraction of sp³-hybridized carbons (Fsp3) is 0.381. The zero-order chi connectivity index (χ0) is 25.3. The van der Waals surface area contributed by atoms with E-state index in [0.29, 0.717) is 6.42 Å². The Hall–Kier alpha value is -4.13.